The summed E-state index contributed by atoms with van der Waals surface area (Å²) in [6.07, 6.45) is 3.52. The van der Waals surface area contributed by atoms with Gasteiger partial charge in [0.05, 0.1) is 0 Å². The van der Waals surface area contributed by atoms with Crippen LogP contribution in [0.1, 0.15) is 18.1 Å². The van der Waals surface area contributed by atoms with E-state index in [9.17, 15) is 4.79 Å². The average molecular weight is 215 g/mol. The lowest BCUT2D eigenvalue weighted by molar-refractivity contribution is -0.132. The van der Waals surface area contributed by atoms with Crippen LogP contribution in [0.25, 0.3) is 17.0 Å². The largest absolute Gasteiger partial charge is 0.478 e. The van der Waals surface area contributed by atoms with Gasteiger partial charge in [0.25, 0.3) is 0 Å². The molecule has 82 valence electrons. The number of para-hydroxylation sites is 1. The quantitative estimate of drug-likeness (QED) is 0.757. The third-order valence-corrected chi connectivity index (χ3v) is 2.67. The Morgan fingerprint density at radius 3 is 2.88 bits per heavy atom. The van der Waals surface area contributed by atoms with Crippen LogP contribution in [0, 0.1) is 6.92 Å². The van der Waals surface area contributed by atoms with Gasteiger partial charge in [-0.15, -0.1) is 0 Å². The van der Waals surface area contributed by atoms with Crippen LogP contribution in [-0.4, -0.2) is 16.1 Å². The van der Waals surface area contributed by atoms with Gasteiger partial charge < -0.3 is 10.1 Å². The van der Waals surface area contributed by atoms with Gasteiger partial charge in [-0.2, -0.15) is 0 Å². The number of carbonyl (C=O) groups is 1. The molecule has 1 aromatic heterocycles. The predicted octanol–water partition coefficient (Wildman–Crippen LogP) is 2.96. The Morgan fingerprint density at radius 1 is 1.44 bits per heavy atom. The number of aromatic amines is 1. The molecule has 0 atom stereocenters. The number of hydrogen-bond donors (Lipinski definition) is 2. The summed E-state index contributed by atoms with van der Waals surface area (Å²) in [4.78, 5) is 13.9. The number of aromatic nitrogens is 1. The summed E-state index contributed by atoms with van der Waals surface area (Å²) in [7, 11) is 0. The fourth-order valence-electron chi connectivity index (χ4n) is 1.74. The van der Waals surface area contributed by atoms with Crippen molar-refractivity contribution in [1.82, 2.24) is 4.98 Å². The van der Waals surface area contributed by atoms with Crippen molar-refractivity contribution < 1.29 is 9.90 Å². The minimum atomic E-state index is -0.887. The van der Waals surface area contributed by atoms with Crippen molar-refractivity contribution in [2.75, 3.05) is 0 Å². The number of fused-ring (bicyclic) bond motifs is 1. The zero-order valence-electron chi connectivity index (χ0n) is 9.24. The van der Waals surface area contributed by atoms with Crippen molar-refractivity contribution in [3.63, 3.8) is 0 Å². The first kappa shape index (κ1) is 10.5. The molecule has 0 spiro atoms. The molecule has 0 aliphatic carbocycles. The molecule has 2 rings (SSSR count). The van der Waals surface area contributed by atoms with E-state index in [0.29, 0.717) is 5.57 Å². The van der Waals surface area contributed by atoms with Gasteiger partial charge in [-0.05, 0) is 25.5 Å². The number of H-pyrrole nitrogens is 1. The maximum absolute atomic E-state index is 10.8. The maximum Gasteiger partial charge on any atom is 0.331 e. The van der Waals surface area contributed by atoms with Crippen LogP contribution < -0.4 is 0 Å². The third kappa shape index (κ3) is 1.72. The highest BCUT2D eigenvalue weighted by Crippen LogP contribution is 2.23. The van der Waals surface area contributed by atoms with Crippen LogP contribution in [0.15, 0.2) is 30.0 Å². The fraction of sp³-hybridized carbons (Fsp3) is 0.154. The summed E-state index contributed by atoms with van der Waals surface area (Å²) in [6, 6.07) is 5.98. The molecule has 0 radical (unpaired) electrons. The molecule has 3 nitrogen and oxygen atoms in total. The SMILES string of the molecule is CC(=Cc1c[nH]c2c(C)cccc12)C(=O)O. The zero-order valence-corrected chi connectivity index (χ0v) is 9.24. The van der Waals surface area contributed by atoms with E-state index in [0.717, 1.165) is 22.0 Å². The van der Waals surface area contributed by atoms with Crippen molar-refractivity contribution in [1.29, 1.82) is 0 Å². The van der Waals surface area contributed by atoms with Gasteiger partial charge in [-0.3, -0.25) is 0 Å². The monoisotopic (exact) mass is 215 g/mol. The molecule has 0 unspecified atom stereocenters. The first-order chi connectivity index (χ1) is 7.59. The van der Waals surface area contributed by atoms with Crippen molar-refractivity contribution >= 4 is 22.9 Å². The van der Waals surface area contributed by atoms with E-state index >= 15 is 0 Å². The molecule has 2 N–H and O–H groups in total. The Labute approximate surface area is 93.4 Å². The lowest BCUT2D eigenvalue weighted by Gasteiger charge is -1.96. The molecule has 3 heteroatoms. The van der Waals surface area contributed by atoms with Crippen molar-refractivity contribution in [3.05, 3.63) is 41.1 Å². The molecule has 16 heavy (non-hydrogen) atoms. The molecule has 0 aliphatic heterocycles. The summed E-state index contributed by atoms with van der Waals surface area (Å²) in [5.74, 6) is -0.887. The molecule has 2 aromatic rings. The number of rotatable bonds is 2. The predicted molar refractivity (Wildman–Crippen MR) is 64.3 cm³/mol. The molecular formula is C13H13NO2. The van der Waals surface area contributed by atoms with Crippen LogP contribution >= 0.6 is 0 Å². The number of benzene rings is 1. The number of aliphatic carboxylic acids is 1. The molecule has 0 aliphatic rings. The molecule has 0 saturated carbocycles. The third-order valence-electron chi connectivity index (χ3n) is 2.67. The summed E-state index contributed by atoms with van der Waals surface area (Å²) < 4.78 is 0. The number of carboxylic acids is 1. The Bertz CT molecular complexity index is 579. The van der Waals surface area contributed by atoms with E-state index in [4.69, 9.17) is 5.11 Å². The van der Waals surface area contributed by atoms with E-state index in [-0.39, 0.29) is 0 Å². The molecule has 0 saturated heterocycles. The summed E-state index contributed by atoms with van der Waals surface area (Å²) in [5, 5.41) is 9.89. The highest BCUT2D eigenvalue weighted by molar-refractivity contribution is 5.97. The molecule has 1 heterocycles. The second-order valence-corrected chi connectivity index (χ2v) is 3.87. The van der Waals surface area contributed by atoms with Gasteiger partial charge in [0.15, 0.2) is 0 Å². The number of carboxylic acid groups (broad SMARTS) is 1. The average Bonchev–Trinajstić information content (AvgIpc) is 2.63. The van der Waals surface area contributed by atoms with Gasteiger partial charge in [0, 0.05) is 28.2 Å². The van der Waals surface area contributed by atoms with Crippen LogP contribution in [0.2, 0.25) is 0 Å². The highest BCUT2D eigenvalue weighted by atomic mass is 16.4. The lowest BCUT2D eigenvalue weighted by Crippen LogP contribution is -1.94. The second-order valence-electron chi connectivity index (χ2n) is 3.87. The topological polar surface area (TPSA) is 53.1 Å². The van der Waals surface area contributed by atoms with Crippen LogP contribution in [0.3, 0.4) is 0 Å². The number of aryl methyl sites for hydroxylation is 1. The Hall–Kier alpha value is -2.03. The van der Waals surface area contributed by atoms with E-state index in [1.165, 1.54) is 0 Å². The van der Waals surface area contributed by atoms with Gasteiger partial charge >= 0.3 is 5.97 Å². The molecular weight excluding hydrogens is 202 g/mol. The molecule has 0 bridgehead atoms. The van der Waals surface area contributed by atoms with Crippen molar-refractivity contribution in [3.8, 4) is 0 Å². The number of nitrogens with one attached hydrogen (secondary N) is 1. The maximum atomic E-state index is 10.8. The van der Waals surface area contributed by atoms with Gasteiger partial charge in [0.2, 0.25) is 0 Å². The molecule has 0 fully saturated rings. The fourth-order valence-corrected chi connectivity index (χ4v) is 1.74. The van der Waals surface area contributed by atoms with Crippen LogP contribution in [0.5, 0.6) is 0 Å². The van der Waals surface area contributed by atoms with E-state index in [1.807, 2.05) is 31.3 Å². The molecule has 0 amide bonds. The minimum Gasteiger partial charge on any atom is -0.478 e. The van der Waals surface area contributed by atoms with Gasteiger partial charge in [-0.25, -0.2) is 4.79 Å². The summed E-state index contributed by atoms with van der Waals surface area (Å²) in [5.41, 5.74) is 3.47. The second kappa shape index (κ2) is 3.85. The van der Waals surface area contributed by atoms with Crippen molar-refractivity contribution in [2.24, 2.45) is 0 Å². The standard InChI is InChI=1S/C13H13NO2/c1-8-4-3-5-11-10(7-14-12(8)11)6-9(2)13(15)16/h3-7,14H,1-2H3,(H,15,16). The zero-order chi connectivity index (χ0) is 11.7. The normalized spacial score (nSPS) is 12.0. The highest BCUT2D eigenvalue weighted by Gasteiger charge is 2.05. The first-order valence-corrected chi connectivity index (χ1v) is 5.08. The molecule has 1 aromatic carbocycles. The van der Waals surface area contributed by atoms with E-state index in [1.54, 1.807) is 13.0 Å². The van der Waals surface area contributed by atoms with E-state index < -0.39 is 5.97 Å². The Morgan fingerprint density at radius 2 is 2.19 bits per heavy atom. The smallest absolute Gasteiger partial charge is 0.331 e. The van der Waals surface area contributed by atoms with Crippen molar-refractivity contribution in [2.45, 2.75) is 13.8 Å². The van der Waals surface area contributed by atoms with Gasteiger partial charge in [-0.1, -0.05) is 18.2 Å². The van der Waals surface area contributed by atoms with E-state index in [2.05, 4.69) is 4.98 Å². The minimum absolute atomic E-state index is 0.336. The summed E-state index contributed by atoms with van der Waals surface area (Å²) >= 11 is 0. The summed E-state index contributed by atoms with van der Waals surface area (Å²) in [6.45, 7) is 3.62. The Kier molecular flexibility index (Phi) is 2.52. The van der Waals surface area contributed by atoms with Crippen LogP contribution in [0.4, 0.5) is 0 Å². The lowest BCUT2D eigenvalue weighted by atomic mass is 10.1. The van der Waals surface area contributed by atoms with Crippen LogP contribution in [-0.2, 0) is 4.79 Å². The number of hydrogen-bond acceptors (Lipinski definition) is 1. The first-order valence-electron chi connectivity index (χ1n) is 5.08. The van der Waals surface area contributed by atoms with Gasteiger partial charge in [0.1, 0.15) is 0 Å². The Balaban J connectivity index is 2.59.